The fraction of sp³-hybridized carbons (Fsp3) is 0.647. The van der Waals surface area contributed by atoms with Crippen LogP contribution in [0.25, 0.3) is 0 Å². The largest absolute Gasteiger partial charge is 0.381 e. The fourth-order valence-corrected chi connectivity index (χ4v) is 3.35. The first-order valence-corrected chi connectivity index (χ1v) is 8.53. The zero-order chi connectivity index (χ0) is 14.9. The van der Waals surface area contributed by atoms with Crippen molar-refractivity contribution in [3.05, 3.63) is 27.3 Å². The Hall–Kier alpha value is -0.290. The van der Waals surface area contributed by atoms with Crippen molar-refractivity contribution in [3.63, 3.8) is 0 Å². The highest BCUT2D eigenvalue weighted by molar-refractivity contribution is 14.1. The molecule has 2 atom stereocenters. The number of rotatable bonds is 5. The first kappa shape index (κ1) is 16.1. The first-order chi connectivity index (χ1) is 9.30. The van der Waals surface area contributed by atoms with Gasteiger partial charge in [-0.3, -0.25) is 0 Å². The topological polar surface area (TPSA) is 21.3 Å². The molecule has 1 aliphatic rings. The smallest absolute Gasteiger partial charge is 0.0665 e. The molecule has 1 aromatic rings. The molecule has 0 saturated heterocycles. The van der Waals surface area contributed by atoms with E-state index in [-0.39, 0.29) is 5.41 Å². The van der Waals surface area contributed by atoms with Crippen molar-refractivity contribution >= 4 is 28.3 Å². The molecule has 0 radical (unpaired) electrons. The molecule has 1 N–H and O–H groups in total. The van der Waals surface area contributed by atoms with Crippen LogP contribution in [-0.4, -0.2) is 18.8 Å². The van der Waals surface area contributed by atoms with Crippen LogP contribution >= 0.6 is 22.6 Å². The zero-order valence-electron chi connectivity index (χ0n) is 13.2. The maximum Gasteiger partial charge on any atom is 0.0665 e. The summed E-state index contributed by atoms with van der Waals surface area (Å²) in [6, 6.07) is 7.07. The summed E-state index contributed by atoms with van der Waals surface area (Å²) in [4.78, 5) is 0. The maximum absolute atomic E-state index is 6.03. The minimum atomic E-state index is 0.199. The lowest BCUT2D eigenvalue weighted by molar-refractivity contribution is -0.108. The molecular weight excluding hydrogens is 361 g/mol. The molecule has 0 aliphatic heterocycles. The quantitative estimate of drug-likeness (QED) is 0.730. The highest BCUT2D eigenvalue weighted by Gasteiger charge is 2.49. The Bertz CT molecular complexity index is 470. The normalized spacial score (nSPS) is 24.6. The zero-order valence-corrected chi connectivity index (χ0v) is 15.3. The van der Waals surface area contributed by atoms with E-state index < -0.39 is 0 Å². The third kappa shape index (κ3) is 3.48. The Morgan fingerprint density at radius 1 is 1.40 bits per heavy atom. The highest BCUT2D eigenvalue weighted by atomic mass is 127. The van der Waals surface area contributed by atoms with Gasteiger partial charge in [-0.2, -0.15) is 0 Å². The van der Waals surface area contributed by atoms with Crippen molar-refractivity contribution in [3.8, 4) is 0 Å². The maximum atomic E-state index is 6.03. The SMILES string of the molecule is Cc1cc(I)ccc1NC1CC(OCC(C)C)C1(C)C. The molecule has 2 unspecified atom stereocenters. The van der Waals surface area contributed by atoms with Crippen LogP contribution in [0, 0.1) is 21.8 Å². The lowest BCUT2D eigenvalue weighted by Crippen LogP contribution is -2.58. The molecule has 20 heavy (non-hydrogen) atoms. The van der Waals surface area contributed by atoms with Gasteiger partial charge in [0.2, 0.25) is 0 Å². The van der Waals surface area contributed by atoms with Crippen molar-refractivity contribution in [2.75, 3.05) is 11.9 Å². The Morgan fingerprint density at radius 3 is 2.65 bits per heavy atom. The van der Waals surface area contributed by atoms with Crippen molar-refractivity contribution in [1.82, 2.24) is 0 Å². The number of anilines is 1. The standard InChI is InChI=1S/C17H26INO/c1-11(2)10-20-16-9-15(17(16,4)5)19-14-7-6-13(18)8-12(14)3/h6-8,11,15-16,19H,9-10H2,1-5H3. The van der Waals surface area contributed by atoms with E-state index in [2.05, 4.69) is 80.7 Å². The van der Waals surface area contributed by atoms with Crippen LogP contribution in [0.5, 0.6) is 0 Å². The molecule has 2 nitrogen and oxygen atoms in total. The summed E-state index contributed by atoms with van der Waals surface area (Å²) >= 11 is 2.36. The second-order valence-electron chi connectivity index (χ2n) is 6.93. The van der Waals surface area contributed by atoms with Gasteiger partial charge in [0.15, 0.2) is 0 Å². The molecule has 1 fully saturated rings. The fourth-order valence-electron chi connectivity index (χ4n) is 2.70. The summed E-state index contributed by atoms with van der Waals surface area (Å²) < 4.78 is 7.32. The van der Waals surface area contributed by atoms with Crippen LogP contribution in [0.3, 0.4) is 0 Å². The molecule has 0 bridgehead atoms. The van der Waals surface area contributed by atoms with E-state index in [0.29, 0.717) is 18.1 Å². The molecule has 0 spiro atoms. The van der Waals surface area contributed by atoms with E-state index in [9.17, 15) is 0 Å². The number of aryl methyl sites for hydroxylation is 1. The summed E-state index contributed by atoms with van der Waals surface area (Å²) in [7, 11) is 0. The van der Waals surface area contributed by atoms with Gasteiger partial charge >= 0.3 is 0 Å². The van der Waals surface area contributed by atoms with E-state index in [1.165, 1.54) is 14.8 Å². The summed E-state index contributed by atoms with van der Waals surface area (Å²) in [5.41, 5.74) is 2.77. The summed E-state index contributed by atoms with van der Waals surface area (Å²) in [5.74, 6) is 0.608. The molecule has 0 heterocycles. The number of benzene rings is 1. The number of halogens is 1. The number of hydrogen-bond donors (Lipinski definition) is 1. The van der Waals surface area contributed by atoms with Gasteiger partial charge in [-0.25, -0.2) is 0 Å². The van der Waals surface area contributed by atoms with Gasteiger partial charge in [0, 0.05) is 27.3 Å². The molecule has 1 saturated carbocycles. The Morgan fingerprint density at radius 2 is 2.10 bits per heavy atom. The molecule has 2 rings (SSSR count). The molecule has 1 aromatic carbocycles. The van der Waals surface area contributed by atoms with Crippen LogP contribution < -0.4 is 5.32 Å². The predicted octanol–water partition coefficient (Wildman–Crippen LogP) is 4.85. The summed E-state index contributed by atoms with van der Waals surface area (Å²) in [6.07, 6.45) is 1.48. The van der Waals surface area contributed by atoms with Gasteiger partial charge in [0.25, 0.3) is 0 Å². The van der Waals surface area contributed by atoms with Crippen LogP contribution in [0.4, 0.5) is 5.69 Å². The number of ether oxygens (including phenoxy) is 1. The minimum Gasteiger partial charge on any atom is -0.381 e. The molecule has 3 heteroatoms. The van der Waals surface area contributed by atoms with Gasteiger partial charge in [-0.1, -0.05) is 27.7 Å². The van der Waals surface area contributed by atoms with Crippen molar-refractivity contribution in [2.24, 2.45) is 11.3 Å². The number of hydrogen-bond acceptors (Lipinski definition) is 2. The third-order valence-electron chi connectivity index (χ3n) is 4.33. The van der Waals surface area contributed by atoms with Gasteiger partial charge in [0.05, 0.1) is 6.10 Å². The van der Waals surface area contributed by atoms with Crippen LogP contribution in [-0.2, 0) is 4.74 Å². The molecule has 0 amide bonds. The lowest BCUT2D eigenvalue weighted by atomic mass is 9.64. The Balaban J connectivity index is 1.95. The minimum absolute atomic E-state index is 0.199. The number of nitrogens with one attached hydrogen (secondary N) is 1. The second kappa shape index (κ2) is 6.22. The molecular formula is C17H26INO. The van der Waals surface area contributed by atoms with Crippen LogP contribution in [0.1, 0.15) is 39.7 Å². The second-order valence-corrected chi connectivity index (χ2v) is 8.17. The van der Waals surface area contributed by atoms with Gasteiger partial charge in [-0.15, -0.1) is 0 Å². The van der Waals surface area contributed by atoms with E-state index in [1.807, 2.05) is 0 Å². The lowest BCUT2D eigenvalue weighted by Gasteiger charge is -2.52. The summed E-state index contributed by atoms with van der Waals surface area (Å²) in [6.45, 7) is 12.1. The van der Waals surface area contributed by atoms with E-state index in [4.69, 9.17) is 4.74 Å². The van der Waals surface area contributed by atoms with Crippen molar-refractivity contribution in [1.29, 1.82) is 0 Å². The summed E-state index contributed by atoms with van der Waals surface area (Å²) in [5, 5.41) is 3.70. The average molecular weight is 387 g/mol. The van der Waals surface area contributed by atoms with Crippen molar-refractivity contribution in [2.45, 2.75) is 53.2 Å². The van der Waals surface area contributed by atoms with Crippen LogP contribution in [0.2, 0.25) is 0 Å². The van der Waals surface area contributed by atoms with Gasteiger partial charge < -0.3 is 10.1 Å². The van der Waals surface area contributed by atoms with E-state index in [0.717, 1.165) is 13.0 Å². The monoisotopic (exact) mass is 387 g/mol. The Labute approximate surface area is 136 Å². The van der Waals surface area contributed by atoms with E-state index in [1.54, 1.807) is 0 Å². The highest BCUT2D eigenvalue weighted by Crippen LogP contribution is 2.44. The molecule has 112 valence electrons. The first-order valence-electron chi connectivity index (χ1n) is 7.45. The predicted molar refractivity (Wildman–Crippen MR) is 94.3 cm³/mol. The van der Waals surface area contributed by atoms with Gasteiger partial charge in [-0.05, 0) is 65.6 Å². The van der Waals surface area contributed by atoms with E-state index >= 15 is 0 Å². The molecule has 0 aromatic heterocycles. The van der Waals surface area contributed by atoms with Crippen LogP contribution in [0.15, 0.2) is 18.2 Å². The average Bonchev–Trinajstić information content (AvgIpc) is 2.34. The van der Waals surface area contributed by atoms with Gasteiger partial charge in [0.1, 0.15) is 0 Å². The van der Waals surface area contributed by atoms with Crippen molar-refractivity contribution < 1.29 is 4.74 Å². The Kier molecular flexibility index (Phi) is 5.00. The molecule has 1 aliphatic carbocycles. The third-order valence-corrected chi connectivity index (χ3v) is 5.00.